The van der Waals surface area contributed by atoms with E-state index in [-0.39, 0.29) is 44.0 Å². The van der Waals surface area contributed by atoms with Crippen LogP contribution in [0.5, 0.6) is 0 Å². The number of carbonyl (C=O) groups is 4. The van der Waals surface area contributed by atoms with Crippen molar-refractivity contribution in [3.8, 4) is 0 Å². The first kappa shape index (κ1) is 32.0. The topological polar surface area (TPSA) is 106 Å². The number of hydrogen-bond donors (Lipinski definition) is 1. The molecule has 250 valence electrons. The highest BCUT2D eigenvalue weighted by atomic mass is 19.3. The molecule has 2 aromatic carbocycles. The van der Waals surface area contributed by atoms with E-state index in [9.17, 15) is 19.2 Å². The summed E-state index contributed by atoms with van der Waals surface area (Å²) in [7, 11) is 0. The van der Waals surface area contributed by atoms with E-state index in [1.165, 1.54) is 11.0 Å². The van der Waals surface area contributed by atoms with Crippen LogP contribution in [0.15, 0.2) is 66.9 Å². The molecule has 48 heavy (non-hydrogen) atoms. The van der Waals surface area contributed by atoms with Crippen molar-refractivity contribution in [2.45, 2.75) is 49.9 Å². The molecule has 0 bridgehead atoms. The molecule has 4 amide bonds. The molecular formula is C35H35F3N6O4. The molecule has 0 saturated carbocycles. The number of carbonyl (C=O) groups excluding carboxylic acids is 4. The molecule has 7 rings (SSSR count). The predicted octanol–water partition coefficient (Wildman–Crippen LogP) is 3.24. The van der Waals surface area contributed by atoms with Gasteiger partial charge in [-0.15, -0.1) is 0 Å². The fourth-order valence-electron chi connectivity index (χ4n) is 7.52. The van der Waals surface area contributed by atoms with Crippen molar-refractivity contribution in [1.82, 2.24) is 29.9 Å². The highest BCUT2D eigenvalue weighted by Crippen LogP contribution is 2.36. The molecule has 0 aliphatic carbocycles. The molecule has 4 aliphatic rings. The van der Waals surface area contributed by atoms with Gasteiger partial charge in [0.2, 0.25) is 11.8 Å². The van der Waals surface area contributed by atoms with Gasteiger partial charge in [0.1, 0.15) is 11.9 Å². The van der Waals surface area contributed by atoms with Crippen molar-refractivity contribution < 1.29 is 32.3 Å². The number of likely N-dealkylation sites (tertiary alicyclic amines) is 1. The monoisotopic (exact) mass is 660 g/mol. The van der Waals surface area contributed by atoms with Crippen LogP contribution in [0, 0.1) is 5.82 Å². The SMILES string of the molecule is O=C1CCC(N2Cc3cc(C(=O)N4CCC(N5CCN(C(c6ccccc6)c6ccccn6)CC5)C(F)(F)C4)c(F)cc3C2=O)C(=O)N1. The molecule has 0 radical (unpaired) electrons. The zero-order valence-corrected chi connectivity index (χ0v) is 26.2. The molecule has 3 aromatic rings. The molecule has 3 fully saturated rings. The Balaban J connectivity index is 1.01. The maximum atomic E-state index is 15.8. The molecule has 1 aromatic heterocycles. The second-order valence-electron chi connectivity index (χ2n) is 12.8. The lowest BCUT2D eigenvalue weighted by Gasteiger charge is -2.47. The number of benzene rings is 2. The number of aromatic nitrogens is 1. The van der Waals surface area contributed by atoms with E-state index in [0.29, 0.717) is 31.7 Å². The first-order valence-corrected chi connectivity index (χ1v) is 16.2. The Morgan fingerprint density at radius 2 is 1.69 bits per heavy atom. The summed E-state index contributed by atoms with van der Waals surface area (Å²) >= 11 is 0. The number of fused-ring (bicyclic) bond motifs is 1. The van der Waals surface area contributed by atoms with Gasteiger partial charge in [0.25, 0.3) is 17.7 Å². The minimum absolute atomic E-state index is 0.00878. The lowest BCUT2D eigenvalue weighted by atomic mass is 9.96. The smallest absolute Gasteiger partial charge is 0.280 e. The van der Waals surface area contributed by atoms with Crippen LogP contribution in [-0.4, -0.2) is 105 Å². The third-order valence-electron chi connectivity index (χ3n) is 9.93. The van der Waals surface area contributed by atoms with E-state index in [1.807, 2.05) is 48.5 Å². The van der Waals surface area contributed by atoms with Crippen molar-refractivity contribution in [3.05, 3.63) is 101 Å². The van der Waals surface area contributed by atoms with Crippen LogP contribution in [0.2, 0.25) is 0 Å². The van der Waals surface area contributed by atoms with E-state index in [2.05, 4.69) is 15.2 Å². The standard InChI is InChI=1S/C35H35F3N6O4/c36-26-19-24-23(20-44(34(24)48)28-9-10-30(45)40-32(28)46)18-25(26)33(47)43-13-11-29(35(37,38)21-43)41-14-16-42(17-15-41)31(22-6-2-1-3-7-22)27-8-4-5-12-39-27/h1-8,12,18-19,28-29,31H,9-11,13-17,20-21H2,(H,40,45,46). The minimum Gasteiger partial charge on any atom is -0.332 e. The zero-order chi connectivity index (χ0) is 33.6. The Kier molecular flexibility index (Phi) is 8.50. The van der Waals surface area contributed by atoms with Gasteiger partial charge >= 0.3 is 0 Å². The number of amides is 4. The highest BCUT2D eigenvalue weighted by Gasteiger charge is 2.50. The molecule has 3 atom stereocenters. The van der Waals surface area contributed by atoms with Crippen LogP contribution in [0.3, 0.4) is 0 Å². The molecule has 4 aliphatic heterocycles. The minimum atomic E-state index is -3.23. The number of imide groups is 1. The highest BCUT2D eigenvalue weighted by molar-refractivity contribution is 6.06. The summed E-state index contributed by atoms with van der Waals surface area (Å²) in [5.41, 5.74) is 1.91. The second-order valence-corrected chi connectivity index (χ2v) is 12.8. The van der Waals surface area contributed by atoms with Crippen LogP contribution >= 0.6 is 0 Å². The largest absolute Gasteiger partial charge is 0.332 e. The average Bonchev–Trinajstić information content (AvgIpc) is 3.39. The van der Waals surface area contributed by atoms with E-state index >= 15 is 13.2 Å². The molecule has 0 spiro atoms. The number of piperazine rings is 1. The van der Waals surface area contributed by atoms with Crippen LogP contribution < -0.4 is 5.32 Å². The average molecular weight is 661 g/mol. The number of pyridine rings is 1. The third kappa shape index (κ3) is 5.96. The summed E-state index contributed by atoms with van der Waals surface area (Å²) in [6.07, 6.45) is 1.97. The van der Waals surface area contributed by atoms with Crippen molar-refractivity contribution in [3.63, 3.8) is 0 Å². The molecular weight excluding hydrogens is 625 g/mol. The third-order valence-corrected chi connectivity index (χ3v) is 9.93. The number of rotatable bonds is 6. The fraction of sp³-hybridized carbons (Fsp3) is 0.400. The second kappa shape index (κ2) is 12.8. The van der Waals surface area contributed by atoms with Crippen molar-refractivity contribution >= 4 is 23.6 Å². The fourth-order valence-corrected chi connectivity index (χ4v) is 7.52. The summed E-state index contributed by atoms with van der Waals surface area (Å²) in [6.45, 7) is 1.06. The Labute approximate surface area is 275 Å². The molecule has 3 unspecified atom stereocenters. The molecule has 3 saturated heterocycles. The Hall–Kier alpha value is -4.62. The normalized spacial score (nSPS) is 23.9. The summed E-state index contributed by atoms with van der Waals surface area (Å²) < 4.78 is 46.9. The number of halogens is 3. The van der Waals surface area contributed by atoms with Crippen LogP contribution in [0.1, 0.15) is 62.8 Å². The number of nitrogens with zero attached hydrogens (tertiary/aromatic N) is 5. The van der Waals surface area contributed by atoms with Gasteiger partial charge in [-0.2, -0.15) is 0 Å². The number of hydrogen-bond acceptors (Lipinski definition) is 7. The molecule has 5 heterocycles. The first-order valence-electron chi connectivity index (χ1n) is 16.2. The van der Waals surface area contributed by atoms with Crippen molar-refractivity contribution in [2.75, 3.05) is 39.3 Å². The van der Waals surface area contributed by atoms with Gasteiger partial charge in [-0.25, -0.2) is 13.2 Å². The Morgan fingerprint density at radius 1 is 0.938 bits per heavy atom. The first-order chi connectivity index (χ1) is 23.1. The Bertz CT molecular complexity index is 1700. The molecule has 10 nitrogen and oxygen atoms in total. The summed E-state index contributed by atoms with van der Waals surface area (Å²) in [4.78, 5) is 61.3. The molecule has 13 heteroatoms. The van der Waals surface area contributed by atoms with E-state index in [0.717, 1.165) is 22.2 Å². The van der Waals surface area contributed by atoms with E-state index < -0.39 is 59.6 Å². The lowest BCUT2D eigenvalue weighted by Crippen LogP contribution is -2.62. The maximum absolute atomic E-state index is 15.8. The predicted molar refractivity (Wildman–Crippen MR) is 167 cm³/mol. The number of alkyl halides is 2. The van der Waals surface area contributed by atoms with E-state index in [4.69, 9.17) is 0 Å². The quantitative estimate of drug-likeness (QED) is 0.405. The summed E-state index contributed by atoms with van der Waals surface area (Å²) in [5.74, 6) is -6.72. The van der Waals surface area contributed by atoms with Gasteiger partial charge in [0, 0.05) is 57.4 Å². The van der Waals surface area contributed by atoms with Gasteiger partial charge in [0.05, 0.1) is 29.9 Å². The van der Waals surface area contributed by atoms with E-state index in [1.54, 1.807) is 11.1 Å². The number of nitrogens with one attached hydrogen (secondary N) is 1. The van der Waals surface area contributed by atoms with Gasteiger partial charge in [-0.1, -0.05) is 36.4 Å². The van der Waals surface area contributed by atoms with Crippen LogP contribution in [-0.2, 0) is 16.1 Å². The summed E-state index contributed by atoms with van der Waals surface area (Å²) in [6, 6.07) is 15.8. The summed E-state index contributed by atoms with van der Waals surface area (Å²) in [5, 5.41) is 2.21. The maximum Gasteiger partial charge on any atom is 0.280 e. The molecule has 1 N–H and O–H groups in total. The van der Waals surface area contributed by atoms with Gasteiger partial charge < -0.3 is 9.80 Å². The van der Waals surface area contributed by atoms with Crippen molar-refractivity contribution in [2.24, 2.45) is 0 Å². The van der Waals surface area contributed by atoms with Crippen molar-refractivity contribution in [1.29, 1.82) is 0 Å². The van der Waals surface area contributed by atoms with Gasteiger partial charge in [-0.3, -0.25) is 39.3 Å². The lowest BCUT2D eigenvalue weighted by molar-refractivity contribution is -0.136. The van der Waals surface area contributed by atoms with Gasteiger partial charge in [-0.05, 0) is 48.2 Å². The Morgan fingerprint density at radius 3 is 2.38 bits per heavy atom. The zero-order valence-electron chi connectivity index (χ0n) is 26.2. The van der Waals surface area contributed by atoms with Crippen LogP contribution in [0.4, 0.5) is 13.2 Å². The number of piperidine rings is 2. The van der Waals surface area contributed by atoms with Crippen LogP contribution in [0.25, 0.3) is 0 Å². The van der Waals surface area contributed by atoms with Gasteiger partial charge in [0.15, 0.2) is 0 Å².